The second-order valence-electron chi connectivity index (χ2n) is 11.7. The van der Waals surface area contributed by atoms with Gasteiger partial charge in [0.15, 0.2) is 13.0 Å². The minimum Gasteiger partial charge on any atom is -0.364 e. The predicted molar refractivity (Wildman–Crippen MR) is 169 cm³/mol. The van der Waals surface area contributed by atoms with Gasteiger partial charge in [0.1, 0.15) is 0 Å². The zero-order valence-electron chi connectivity index (χ0n) is 28.2. The van der Waals surface area contributed by atoms with Crippen molar-refractivity contribution < 1.29 is 5.52 Å². The fraction of sp³-hybridized carbons (Fsp3) is 0.353. The molecule has 40 heavy (non-hydrogen) atoms. The number of hydrogen-bond donors (Lipinski definition) is 1. The first-order chi connectivity index (χ1) is 20.8. The minimum absolute atomic E-state index is 0.144. The van der Waals surface area contributed by atoms with E-state index in [4.69, 9.17) is 5.52 Å². The molecule has 4 aromatic rings. The SMILES string of the molecule is [2H]N1CN(c2cc(-c3c(C(C)C)cc(C(C)C)cc3C(C)C)cc(N3CN(C([2H])([2H])[2H])c4cccnc43)c2)c2ncccc21. The van der Waals surface area contributed by atoms with E-state index in [2.05, 4.69) is 86.7 Å². The van der Waals surface area contributed by atoms with Crippen LogP contribution in [0.1, 0.15) is 80.1 Å². The van der Waals surface area contributed by atoms with Gasteiger partial charge in [0.2, 0.25) is 0 Å². The van der Waals surface area contributed by atoms with Crippen molar-refractivity contribution in [1.82, 2.24) is 9.97 Å². The molecule has 1 N–H and O–H groups in total. The first-order valence-corrected chi connectivity index (χ1v) is 14.2. The quantitative estimate of drug-likeness (QED) is 0.266. The monoisotopic (exact) mass is 536 g/mol. The predicted octanol–water partition coefficient (Wildman–Crippen LogP) is 8.58. The van der Waals surface area contributed by atoms with Crippen LogP contribution in [0.4, 0.5) is 34.4 Å². The number of nitrogens with one attached hydrogen (secondary N) is 1. The zero-order chi connectivity index (χ0) is 31.5. The molecule has 6 nitrogen and oxygen atoms in total. The maximum atomic E-state index is 8.63. The van der Waals surface area contributed by atoms with E-state index in [0.29, 0.717) is 24.1 Å². The molecule has 0 spiro atoms. The van der Waals surface area contributed by atoms with Gasteiger partial charge >= 0.3 is 0 Å². The number of pyridine rings is 2. The van der Waals surface area contributed by atoms with Crippen molar-refractivity contribution in [3.05, 3.63) is 83.7 Å². The van der Waals surface area contributed by atoms with Crippen molar-refractivity contribution in [1.29, 1.82) is 0 Å². The lowest BCUT2D eigenvalue weighted by atomic mass is 9.81. The van der Waals surface area contributed by atoms with Crippen LogP contribution in [0.5, 0.6) is 0 Å². The summed E-state index contributed by atoms with van der Waals surface area (Å²) in [5.41, 5.74) is 9.20. The fourth-order valence-electron chi connectivity index (χ4n) is 5.77. The van der Waals surface area contributed by atoms with Gasteiger partial charge in [0, 0.05) is 34.9 Å². The second-order valence-corrected chi connectivity index (χ2v) is 11.7. The number of fused-ring (bicyclic) bond motifs is 2. The summed E-state index contributed by atoms with van der Waals surface area (Å²) in [5.74, 6) is 2.29. The van der Waals surface area contributed by atoms with E-state index in [9.17, 15) is 0 Å². The van der Waals surface area contributed by atoms with Crippen LogP contribution in [0.25, 0.3) is 11.1 Å². The summed E-state index contributed by atoms with van der Waals surface area (Å²) in [7, 11) is 0. The van der Waals surface area contributed by atoms with E-state index in [-0.39, 0.29) is 18.5 Å². The molecule has 2 aliphatic heterocycles. The Labute approximate surface area is 244 Å². The van der Waals surface area contributed by atoms with Crippen molar-refractivity contribution in [3.63, 3.8) is 0 Å². The first kappa shape index (κ1) is 21.7. The van der Waals surface area contributed by atoms with Crippen LogP contribution in [0.3, 0.4) is 0 Å². The maximum absolute atomic E-state index is 8.63. The molecule has 2 aromatic carbocycles. The normalized spacial score (nSPS) is 16.4. The van der Waals surface area contributed by atoms with Gasteiger partial charge in [0.25, 0.3) is 0 Å². The lowest BCUT2D eigenvalue weighted by Gasteiger charge is -2.27. The fourth-order valence-corrected chi connectivity index (χ4v) is 5.77. The Bertz CT molecular complexity index is 1670. The van der Waals surface area contributed by atoms with Crippen molar-refractivity contribution in [3.8, 4) is 11.1 Å². The molecule has 6 rings (SSSR count). The molecule has 4 heterocycles. The third kappa shape index (κ3) is 4.45. The lowest BCUT2D eigenvalue weighted by Crippen LogP contribution is -2.25. The summed E-state index contributed by atoms with van der Waals surface area (Å²) in [6.45, 7) is 11.6. The molecule has 6 heteroatoms. The highest BCUT2D eigenvalue weighted by atomic mass is 15.4. The molecule has 0 radical (unpaired) electrons. The minimum atomic E-state index is -2.32. The number of hydrogen-bond acceptors (Lipinski definition) is 6. The molecule has 0 fully saturated rings. The highest BCUT2D eigenvalue weighted by molar-refractivity contribution is 5.88. The van der Waals surface area contributed by atoms with Crippen LogP contribution in [0.15, 0.2) is 67.0 Å². The Morgan fingerprint density at radius 1 is 0.800 bits per heavy atom. The maximum Gasteiger partial charge on any atom is 0.162 e. The van der Waals surface area contributed by atoms with Gasteiger partial charge in [-0.3, -0.25) is 0 Å². The van der Waals surface area contributed by atoms with Gasteiger partial charge in [-0.25, -0.2) is 9.97 Å². The number of anilines is 6. The third-order valence-electron chi connectivity index (χ3n) is 7.95. The van der Waals surface area contributed by atoms with Gasteiger partial charge in [-0.15, -0.1) is 0 Å². The van der Waals surface area contributed by atoms with E-state index >= 15 is 0 Å². The van der Waals surface area contributed by atoms with Crippen molar-refractivity contribution in [2.24, 2.45) is 0 Å². The summed E-state index contributed by atoms with van der Waals surface area (Å²) in [4.78, 5) is 14.8. The Kier molecular flexibility index (Phi) is 5.52. The van der Waals surface area contributed by atoms with Crippen LogP contribution < -0.4 is 20.0 Å². The lowest BCUT2D eigenvalue weighted by molar-refractivity contribution is 0.807. The Morgan fingerprint density at radius 2 is 1.45 bits per heavy atom. The van der Waals surface area contributed by atoms with E-state index in [1.807, 2.05) is 23.1 Å². The third-order valence-corrected chi connectivity index (χ3v) is 7.95. The molecule has 0 bridgehead atoms. The molecule has 0 unspecified atom stereocenters. The van der Waals surface area contributed by atoms with Crippen molar-refractivity contribution in [2.45, 2.75) is 59.3 Å². The molecule has 0 amide bonds. The molecular weight excluding hydrogens is 492 g/mol. The van der Waals surface area contributed by atoms with Gasteiger partial charge < -0.3 is 20.0 Å². The molecule has 0 saturated carbocycles. The van der Waals surface area contributed by atoms with Crippen LogP contribution in [-0.4, -0.2) is 30.3 Å². The van der Waals surface area contributed by atoms with Crippen molar-refractivity contribution >= 4 is 34.4 Å². The molecule has 2 aliphatic rings. The van der Waals surface area contributed by atoms with Crippen LogP contribution in [0.2, 0.25) is 1.41 Å². The number of benzene rings is 2. The first-order valence-electron chi connectivity index (χ1n) is 16.1. The van der Waals surface area contributed by atoms with Crippen LogP contribution in [-0.2, 0) is 0 Å². The van der Waals surface area contributed by atoms with Gasteiger partial charge in [0.05, 0.1) is 24.7 Å². The zero-order valence-corrected chi connectivity index (χ0v) is 24.2. The topological polar surface area (TPSA) is 47.5 Å². The van der Waals surface area contributed by atoms with Gasteiger partial charge in [-0.2, -0.15) is 0 Å². The number of aromatic nitrogens is 2. The van der Waals surface area contributed by atoms with E-state index in [1.54, 1.807) is 18.5 Å². The molecular formula is C34H40N6. The Morgan fingerprint density at radius 3 is 2.10 bits per heavy atom. The largest absolute Gasteiger partial charge is 0.364 e. The average molecular weight is 537 g/mol. The summed E-state index contributed by atoms with van der Waals surface area (Å²) in [6, 6.07) is 18.5. The summed E-state index contributed by atoms with van der Waals surface area (Å²) >= 11 is 0. The highest BCUT2D eigenvalue weighted by Crippen LogP contribution is 2.46. The van der Waals surface area contributed by atoms with Gasteiger partial charge in [-0.05, 0) is 88.0 Å². The van der Waals surface area contributed by atoms with Gasteiger partial charge in [-0.1, -0.05) is 53.7 Å². The van der Waals surface area contributed by atoms with E-state index in [0.717, 1.165) is 28.4 Å². The van der Waals surface area contributed by atoms with Crippen LogP contribution >= 0.6 is 0 Å². The number of rotatable bonds is 6. The summed E-state index contributed by atoms with van der Waals surface area (Å²) in [5, 5.41) is 1.45. The molecule has 206 valence electrons. The summed E-state index contributed by atoms with van der Waals surface area (Å²) < 4.78 is 33.3. The molecule has 0 atom stereocenters. The smallest absolute Gasteiger partial charge is 0.162 e. The van der Waals surface area contributed by atoms with Crippen molar-refractivity contribution in [2.75, 3.05) is 40.3 Å². The summed E-state index contributed by atoms with van der Waals surface area (Å²) in [6.07, 6.45) is 3.46. The highest BCUT2D eigenvalue weighted by Gasteiger charge is 2.29. The molecule has 0 saturated heterocycles. The van der Waals surface area contributed by atoms with E-state index in [1.165, 1.54) is 32.5 Å². The standard InChI is InChI=1S/C34H40N6/c1-21(2)24-16-28(22(3)4)32(29(17-24)23(5)6)25-14-26(39-19-37-30-10-8-12-35-33(30)39)18-27(15-25)40-20-38(7)31-11-9-13-36-34(31)40/h8-18,21-23,37H,19-20H2,1-7H3/i7D3/hD. The Hall–Kier alpha value is -4.06. The molecule has 0 aliphatic carbocycles. The van der Waals surface area contributed by atoms with E-state index < -0.39 is 6.98 Å². The molecule has 2 aromatic heterocycles. The van der Waals surface area contributed by atoms with Crippen LogP contribution in [0, 0.1) is 0 Å². The number of nitrogens with zero attached hydrogens (tertiary/aromatic N) is 5. The second kappa shape index (κ2) is 10.2. The average Bonchev–Trinajstić information content (AvgIpc) is 3.55. The Balaban J connectivity index is 1.61.